The van der Waals surface area contributed by atoms with Crippen LogP contribution < -0.4 is 44.0 Å². The van der Waals surface area contributed by atoms with Gasteiger partial charge in [0.05, 0.1) is 0 Å². The van der Waals surface area contributed by atoms with E-state index >= 15 is 0 Å². The van der Waals surface area contributed by atoms with Crippen molar-refractivity contribution < 1.29 is 57.7 Å². The minimum absolute atomic E-state index is 0. The predicted octanol–water partition coefficient (Wildman–Crippen LogP) is -11.2. The third kappa shape index (κ3) is 1240. The van der Waals surface area contributed by atoms with Crippen LogP contribution in [-0.4, -0.2) is 55.1 Å². The zero-order valence-corrected chi connectivity index (χ0v) is 13.7. The molecule has 0 unspecified atom stereocenters. The molecule has 0 aliphatic heterocycles. The quantitative estimate of drug-likeness (QED) is 0.240. The van der Waals surface area contributed by atoms with E-state index in [1.807, 2.05) is 0 Å². The van der Waals surface area contributed by atoms with Gasteiger partial charge in [-0.05, 0) is 0 Å². The van der Waals surface area contributed by atoms with Crippen molar-refractivity contribution in [3.63, 3.8) is 0 Å². The average Bonchev–Trinajstić information content (AvgIpc) is 1.41. The van der Waals surface area contributed by atoms with Crippen molar-refractivity contribution in [2.24, 2.45) is 0 Å². The molecule has 0 radical (unpaired) electrons. The van der Waals surface area contributed by atoms with Crippen LogP contribution in [0.4, 0.5) is 0 Å². The fourth-order valence-electron chi connectivity index (χ4n) is 0. The molecule has 0 amide bonds. The van der Waals surface area contributed by atoms with Gasteiger partial charge >= 0.3 is 55.1 Å². The predicted molar refractivity (Wildman–Crippen MR) is 48.5 cm³/mol. The third-order valence-electron chi connectivity index (χ3n) is 0. The van der Waals surface area contributed by atoms with E-state index in [0.29, 0.717) is 0 Å². The summed E-state index contributed by atoms with van der Waals surface area (Å²) in [7, 11) is -16.2. The molecule has 0 aromatic rings. The van der Waals surface area contributed by atoms with E-state index in [9.17, 15) is 0 Å². The molecule has 0 saturated carbocycles. The van der Waals surface area contributed by atoms with Gasteiger partial charge in [-0.15, -0.1) is 0 Å². The van der Waals surface area contributed by atoms with E-state index in [4.69, 9.17) is 57.7 Å². The van der Waals surface area contributed by atoms with Gasteiger partial charge in [-0.1, -0.05) is 0 Å². The Bertz CT molecular complexity index is 213. The van der Waals surface area contributed by atoms with E-state index < -0.39 is 23.5 Å². The first-order valence-electron chi connectivity index (χ1n) is 2.19. The van der Waals surface area contributed by atoms with Gasteiger partial charge in [0.2, 0.25) is 0 Å². The van der Waals surface area contributed by atoms with Crippen molar-refractivity contribution in [3.05, 3.63) is 0 Å². The van der Waals surface area contributed by atoms with Crippen LogP contribution in [-0.2, 0) is 13.7 Å². The second-order valence-electron chi connectivity index (χ2n) is 1.34. The Balaban J connectivity index is -0.0000000277. The summed E-state index contributed by atoms with van der Waals surface area (Å²) < 4.78 is 25.6. The molecule has 0 rings (SSSR count). The first kappa shape index (κ1) is 36.9. The van der Waals surface area contributed by atoms with Crippen molar-refractivity contribution in [2.45, 2.75) is 0 Å². The van der Waals surface area contributed by atoms with Crippen molar-refractivity contribution in [1.29, 1.82) is 0 Å². The Morgan fingerprint density at radius 2 is 0.500 bits per heavy atom. The summed E-state index contributed by atoms with van der Waals surface area (Å²) in [5.74, 6) is 0. The fraction of sp³-hybridized carbons (Fsp3) is 0. The molecular weight excluding hydrogens is 457 g/mol. The number of phosphoric acid groups is 3. The number of hydrogen-bond acceptors (Lipinski definition) is 12. The monoisotopic (exact) mass is 462 g/mol. The van der Waals surface area contributed by atoms with Crippen LogP contribution in [0, 0.1) is 0 Å². The molecule has 18 heavy (non-hydrogen) atoms. The molecule has 0 aromatic carbocycles. The average molecular weight is 463 g/mol. The molecule has 0 aliphatic carbocycles. The molecule has 0 N–H and O–H groups in total. The van der Waals surface area contributed by atoms with Crippen LogP contribution in [0.15, 0.2) is 0 Å². The van der Waals surface area contributed by atoms with Crippen LogP contribution in [0.3, 0.4) is 0 Å². The molecule has 0 heterocycles. The fourth-order valence-corrected chi connectivity index (χ4v) is 0. The first-order chi connectivity index (χ1) is 6.00. The normalized spacial score (nSPS) is 9.83. The number of rotatable bonds is 0. The molecule has 0 atom stereocenters. The molecule has 0 fully saturated rings. The van der Waals surface area contributed by atoms with Gasteiger partial charge in [0, 0.05) is 0 Å². The molecule has 104 valence electrons. The molecule has 0 bridgehead atoms. The zero-order valence-electron chi connectivity index (χ0n) is 7.40. The topological polar surface area (TPSA) is 259 Å². The van der Waals surface area contributed by atoms with Gasteiger partial charge in [-0.25, -0.2) is 0 Å². The summed E-state index contributed by atoms with van der Waals surface area (Å²) in [5.41, 5.74) is 0. The van der Waals surface area contributed by atoms with Crippen LogP contribution in [0.25, 0.3) is 0 Å². The molecule has 0 aliphatic rings. The molecule has 0 aromatic heterocycles. The van der Waals surface area contributed by atoms with Crippen LogP contribution in [0.2, 0.25) is 0 Å². The smallest absolute Gasteiger partial charge is 3.00 e. The minimum atomic E-state index is -5.39. The Morgan fingerprint density at radius 3 is 0.500 bits per heavy atom. The van der Waals surface area contributed by atoms with Crippen LogP contribution >= 0.6 is 23.5 Å². The maximum atomic E-state index is 8.55. The van der Waals surface area contributed by atoms with Gasteiger partial charge in [-0.2, -0.15) is 23.5 Å². The molecule has 12 nitrogen and oxygen atoms in total. The van der Waals surface area contributed by atoms with E-state index in [-0.39, 0.29) is 55.1 Å². The van der Waals surface area contributed by atoms with E-state index in [0.717, 1.165) is 0 Å². The Hall–Kier alpha value is 2.06. The maximum absolute atomic E-state index is 8.55. The second kappa shape index (κ2) is 15.4. The summed E-state index contributed by atoms with van der Waals surface area (Å²) >= 11 is 0. The van der Waals surface area contributed by atoms with Gasteiger partial charge in [0.1, 0.15) is 0 Å². The molecule has 18 heteroatoms. The summed E-state index contributed by atoms with van der Waals surface area (Å²) in [5, 5.41) is 0. The Morgan fingerprint density at radius 1 is 0.500 bits per heavy atom. The van der Waals surface area contributed by atoms with Gasteiger partial charge in [0.15, 0.2) is 0 Å². The third-order valence-corrected chi connectivity index (χ3v) is 0. The second-order valence-corrected chi connectivity index (χ2v) is 4.02. The van der Waals surface area contributed by atoms with Gasteiger partial charge in [-0.3, -0.25) is 0 Å². The molecular formula is H6AlAsGaO12P3. The Kier molecular flexibility index (Phi) is 31.6. The van der Waals surface area contributed by atoms with E-state index in [2.05, 4.69) is 0 Å². The Labute approximate surface area is 136 Å². The first-order valence-corrected chi connectivity index (χ1v) is 6.57. The van der Waals surface area contributed by atoms with Crippen molar-refractivity contribution >= 4 is 78.6 Å². The largest absolute Gasteiger partial charge is 3.00 e. The van der Waals surface area contributed by atoms with Crippen molar-refractivity contribution in [2.75, 3.05) is 0 Å². The van der Waals surface area contributed by atoms with Crippen molar-refractivity contribution in [3.8, 4) is 0 Å². The van der Waals surface area contributed by atoms with Crippen molar-refractivity contribution in [1.82, 2.24) is 0 Å². The summed E-state index contributed by atoms with van der Waals surface area (Å²) in [6, 6.07) is 0. The summed E-state index contributed by atoms with van der Waals surface area (Å²) in [6.07, 6.45) is 0. The molecule has 0 saturated heterocycles. The standard InChI is InChI=1S/Al.AsH6.Ga.3H3O4P/c;;;3*1-5(2,3)4/h;1H6;;3*(H3,1,2,3,4)/q3*+3;;;/p-9. The number of hydrogen-bond donors (Lipinski definition) is 0. The summed E-state index contributed by atoms with van der Waals surface area (Å²) in [4.78, 5) is 76.9. The maximum Gasteiger partial charge on any atom is 3.00 e. The van der Waals surface area contributed by atoms with Crippen LogP contribution in [0.5, 0.6) is 0 Å². The zero-order chi connectivity index (χ0) is 13.5. The van der Waals surface area contributed by atoms with Gasteiger partial charge < -0.3 is 57.7 Å². The molecule has 0 spiro atoms. The SMILES string of the molecule is O=P([O-])([O-])[O-].O=P([O-])([O-])[O-].O=P([O-])([O-])[O-].[Al+3].[AsH6+3].[Ga+3]. The van der Waals surface area contributed by atoms with Crippen LogP contribution in [0.1, 0.15) is 0 Å². The van der Waals surface area contributed by atoms with E-state index in [1.54, 1.807) is 0 Å². The minimum Gasteiger partial charge on any atom is 3.00 e. The van der Waals surface area contributed by atoms with E-state index in [1.165, 1.54) is 0 Å². The summed E-state index contributed by atoms with van der Waals surface area (Å²) in [6.45, 7) is 0. The van der Waals surface area contributed by atoms with Gasteiger partial charge in [0.25, 0.3) is 0 Å².